The number of rotatable bonds is 8. The summed E-state index contributed by atoms with van der Waals surface area (Å²) in [6.07, 6.45) is -4.42. The molecule has 2 aromatic rings. The highest BCUT2D eigenvalue weighted by atomic mass is 19.4. The third-order valence-electron chi connectivity index (χ3n) is 4.10. The molecule has 0 saturated heterocycles. The second-order valence-electron chi connectivity index (χ2n) is 6.26. The third kappa shape index (κ3) is 6.82. The maximum Gasteiger partial charge on any atom is 0.418 e. The average molecular weight is 429 g/mol. The molecule has 0 bridgehead atoms. The molecule has 0 aliphatic rings. The van der Waals surface area contributed by atoms with Crippen molar-refractivity contribution in [3.8, 4) is 12.1 Å². The van der Waals surface area contributed by atoms with Crippen LogP contribution in [0.1, 0.15) is 24.5 Å². The van der Waals surface area contributed by atoms with Gasteiger partial charge in [-0.1, -0.05) is 6.07 Å². The Morgan fingerprint density at radius 2 is 1.81 bits per heavy atom. The number of nitrogens with zero attached hydrogens (tertiary/aromatic N) is 5. The number of anilines is 1. The van der Waals surface area contributed by atoms with E-state index in [9.17, 15) is 18.0 Å². The molecule has 2 aromatic carbocycles. The van der Waals surface area contributed by atoms with E-state index in [2.05, 4.69) is 10.2 Å². The number of azo groups is 1. The van der Waals surface area contributed by atoms with Crippen molar-refractivity contribution >= 4 is 23.0 Å². The molecule has 7 nitrogen and oxygen atoms in total. The fourth-order valence-corrected chi connectivity index (χ4v) is 2.66. The Morgan fingerprint density at radius 3 is 2.39 bits per heavy atom. The van der Waals surface area contributed by atoms with Crippen molar-refractivity contribution in [2.75, 3.05) is 24.6 Å². The SMILES string of the molecule is CC(=O)OCCN(CCC#N)c1ccc(N=Nc2c(C#N)cccc2C(F)(F)F)cc1. The van der Waals surface area contributed by atoms with Crippen LogP contribution in [0.4, 0.5) is 30.2 Å². The molecular weight excluding hydrogens is 411 g/mol. The maximum atomic E-state index is 13.2. The highest BCUT2D eigenvalue weighted by molar-refractivity contribution is 5.66. The van der Waals surface area contributed by atoms with Gasteiger partial charge in [0.15, 0.2) is 0 Å². The van der Waals surface area contributed by atoms with Gasteiger partial charge in [-0.15, -0.1) is 5.11 Å². The summed E-state index contributed by atoms with van der Waals surface area (Å²) in [6, 6.07) is 13.4. The van der Waals surface area contributed by atoms with Crippen LogP contribution in [-0.2, 0) is 15.7 Å². The quantitative estimate of drug-likeness (QED) is 0.420. The lowest BCUT2D eigenvalue weighted by Crippen LogP contribution is -2.28. The first kappa shape index (κ1) is 23.4. The predicted octanol–water partition coefficient (Wildman–Crippen LogP) is 5.28. The minimum Gasteiger partial charge on any atom is -0.464 e. The first-order valence-electron chi connectivity index (χ1n) is 9.13. The first-order valence-corrected chi connectivity index (χ1v) is 9.13. The highest BCUT2D eigenvalue weighted by Gasteiger charge is 2.34. The van der Waals surface area contributed by atoms with Gasteiger partial charge < -0.3 is 9.64 Å². The molecule has 0 unspecified atom stereocenters. The number of hydrogen-bond donors (Lipinski definition) is 0. The smallest absolute Gasteiger partial charge is 0.418 e. The van der Waals surface area contributed by atoms with E-state index < -0.39 is 23.4 Å². The van der Waals surface area contributed by atoms with Crippen LogP contribution in [0.15, 0.2) is 52.7 Å². The van der Waals surface area contributed by atoms with Gasteiger partial charge in [-0.25, -0.2) is 0 Å². The number of ether oxygens (including phenoxy) is 1. The number of nitriles is 2. The number of benzene rings is 2. The molecule has 0 spiro atoms. The molecule has 0 radical (unpaired) electrons. The molecule has 160 valence electrons. The standard InChI is InChI=1S/C21H18F3N5O2/c1-15(30)31-13-12-29(11-3-10-25)18-8-6-17(7-9-18)27-28-20-16(14-26)4-2-5-19(20)21(22,23)24/h2,4-9H,3,11-13H2,1H3. The molecule has 0 heterocycles. The minimum absolute atomic E-state index is 0.146. The van der Waals surface area contributed by atoms with E-state index in [4.69, 9.17) is 15.3 Å². The lowest BCUT2D eigenvalue weighted by atomic mass is 10.1. The van der Waals surface area contributed by atoms with Crippen molar-refractivity contribution in [3.63, 3.8) is 0 Å². The third-order valence-corrected chi connectivity index (χ3v) is 4.10. The molecule has 10 heteroatoms. The van der Waals surface area contributed by atoms with Crippen LogP contribution in [0.25, 0.3) is 0 Å². The summed E-state index contributed by atoms with van der Waals surface area (Å²) in [5, 5.41) is 25.4. The first-order chi connectivity index (χ1) is 14.8. The fraction of sp³-hybridized carbons (Fsp3) is 0.286. The molecule has 0 N–H and O–H groups in total. The molecule has 0 amide bonds. The van der Waals surface area contributed by atoms with Gasteiger partial charge in [0.1, 0.15) is 18.4 Å². The van der Waals surface area contributed by atoms with Crippen LogP contribution < -0.4 is 4.90 Å². The molecule has 0 aliphatic heterocycles. The zero-order valence-corrected chi connectivity index (χ0v) is 16.6. The van der Waals surface area contributed by atoms with E-state index in [0.29, 0.717) is 13.1 Å². The Labute approximate surface area is 177 Å². The normalized spacial score (nSPS) is 11.0. The van der Waals surface area contributed by atoms with E-state index >= 15 is 0 Å². The molecule has 2 rings (SSSR count). The summed E-state index contributed by atoms with van der Waals surface area (Å²) in [7, 11) is 0. The van der Waals surface area contributed by atoms with Crippen molar-refractivity contribution in [3.05, 3.63) is 53.6 Å². The Kier molecular flexibility index (Phi) is 8.09. The molecule has 0 fully saturated rings. The van der Waals surface area contributed by atoms with Crippen molar-refractivity contribution in [1.29, 1.82) is 10.5 Å². The molecule has 31 heavy (non-hydrogen) atoms. The van der Waals surface area contributed by atoms with Gasteiger partial charge in [0, 0.05) is 19.2 Å². The van der Waals surface area contributed by atoms with Crippen molar-refractivity contribution in [2.24, 2.45) is 10.2 Å². The summed E-state index contributed by atoms with van der Waals surface area (Å²) in [6.45, 7) is 2.22. The van der Waals surface area contributed by atoms with Crippen LogP contribution in [0.3, 0.4) is 0 Å². The molecule has 0 saturated carbocycles. The molecule has 0 atom stereocenters. The zero-order valence-electron chi connectivity index (χ0n) is 16.6. The number of esters is 1. The highest BCUT2D eigenvalue weighted by Crippen LogP contribution is 2.38. The predicted molar refractivity (Wildman–Crippen MR) is 106 cm³/mol. The largest absolute Gasteiger partial charge is 0.464 e. The summed E-state index contributed by atoms with van der Waals surface area (Å²) in [5.74, 6) is -0.410. The Morgan fingerprint density at radius 1 is 1.10 bits per heavy atom. The van der Waals surface area contributed by atoms with Crippen LogP contribution in [0, 0.1) is 22.7 Å². The van der Waals surface area contributed by atoms with E-state index in [1.165, 1.54) is 13.0 Å². The maximum absolute atomic E-state index is 13.2. The Hall–Kier alpha value is -3.92. The van der Waals surface area contributed by atoms with Gasteiger partial charge in [0.05, 0.1) is 35.8 Å². The number of alkyl halides is 3. The van der Waals surface area contributed by atoms with Crippen molar-refractivity contribution in [2.45, 2.75) is 19.5 Å². The van der Waals surface area contributed by atoms with Crippen molar-refractivity contribution < 1.29 is 22.7 Å². The lowest BCUT2D eigenvalue weighted by Gasteiger charge is -2.23. The number of hydrogen-bond acceptors (Lipinski definition) is 7. The second kappa shape index (κ2) is 10.7. The number of carbonyl (C=O) groups is 1. The van der Waals surface area contributed by atoms with Gasteiger partial charge >= 0.3 is 12.1 Å². The molecule has 0 aliphatic carbocycles. The number of halogens is 3. The summed E-state index contributed by atoms with van der Waals surface area (Å²) < 4.78 is 44.6. The second-order valence-corrected chi connectivity index (χ2v) is 6.26. The van der Waals surface area contributed by atoms with Crippen LogP contribution in [-0.4, -0.2) is 25.7 Å². The van der Waals surface area contributed by atoms with Gasteiger partial charge in [-0.3, -0.25) is 4.79 Å². The monoisotopic (exact) mass is 429 g/mol. The van der Waals surface area contributed by atoms with Crippen molar-refractivity contribution in [1.82, 2.24) is 0 Å². The summed E-state index contributed by atoms with van der Waals surface area (Å²) >= 11 is 0. The van der Waals surface area contributed by atoms with Gasteiger partial charge in [-0.2, -0.15) is 28.8 Å². The van der Waals surface area contributed by atoms with E-state index in [-0.39, 0.29) is 24.3 Å². The summed E-state index contributed by atoms with van der Waals surface area (Å²) in [5.41, 5.74) is -0.818. The van der Waals surface area contributed by atoms with Gasteiger partial charge in [-0.05, 0) is 36.4 Å². The minimum atomic E-state index is -4.67. The van der Waals surface area contributed by atoms with Crippen LogP contribution in [0.5, 0.6) is 0 Å². The lowest BCUT2D eigenvalue weighted by molar-refractivity contribution is -0.140. The topological polar surface area (TPSA) is 102 Å². The van der Waals surface area contributed by atoms with Crippen LogP contribution >= 0.6 is 0 Å². The van der Waals surface area contributed by atoms with E-state index in [0.717, 1.165) is 17.8 Å². The Balaban J connectivity index is 2.23. The fourth-order valence-electron chi connectivity index (χ4n) is 2.66. The van der Waals surface area contributed by atoms with E-state index in [1.54, 1.807) is 30.3 Å². The summed E-state index contributed by atoms with van der Waals surface area (Å²) in [4.78, 5) is 12.8. The van der Waals surface area contributed by atoms with Gasteiger partial charge in [0.25, 0.3) is 0 Å². The molecular formula is C21H18F3N5O2. The Bertz CT molecular complexity index is 1020. The van der Waals surface area contributed by atoms with Crippen LogP contribution in [0.2, 0.25) is 0 Å². The average Bonchev–Trinajstić information content (AvgIpc) is 2.74. The zero-order chi connectivity index (χ0) is 22.9. The van der Waals surface area contributed by atoms with E-state index in [1.807, 2.05) is 11.0 Å². The number of carbonyl (C=O) groups excluding carboxylic acids is 1. The van der Waals surface area contributed by atoms with Gasteiger partial charge in [0.2, 0.25) is 0 Å². The molecule has 0 aromatic heterocycles.